The minimum absolute atomic E-state index is 0.00392. The molecule has 0 saturated heterocycles. The molecule has 2 nitrogen and oxygen atoms in total. The second-order valence-corrected chi connectivity index (χ2v) is 4.79. The van der Waals surface area contributed by atoms with Crippen molar-refractivity contribution in [2.45, 2.75) is 40.0 Å². The van der Waals surface area contributed by atoms with Crippen LogP contribution in [-0.4, -0.2) is 12.4 Å². The molecule has 0 amide bonds. The molecule has 2 heteroatoms. The van der Waals surface area contributed by atoms with Crippen LogP contribution in [0.5, 0.6) is 0 Å². The Labute approximate surface area is 92.0 Å². The third kappa shape index (κ3) is 2.71. The molecule has 1 aliphatic carbocycles. The van der Waals surface area contributed by atoms with Gasteiger partial charge < -0.3 is 4.74 Å². The molecule has 1 rings (SSSR count). The standard InChI is InChI=1S/C13H20O2/c1-5-15-9-11(14)12-10(2)7-6-8-13(12,3)4/h5H,1,6-9H2,2-4H3. The van der Waals surface area contributed by atoms with Gasteiger partial charge in [0.25, 0.3) is 0 Å². The van der Waals surface area contributed by atoms with Crippen LogP contribution in [0.4, 0.5) is 0 Å². The number of hydrogen-bond donors (Lipinski definition) is 0. The summed E-state index contributed by atoms with van der Waals surface area (Å²) in [6, 6.07) is 0. The molecule has 0 N–H and O–H groups in total. The number of hydrogen-bond acceptors (Lipinski definition) is 2. The van der Waals surface area contributed by atoms with E-state index in [-0.39, 0.29) is 17.8 Å². The molecule has 0 bridgehead atoms. The maximum Gasteiger partial charge on any atom is 0.196 e. The summed E-state index contributed by atoms with van der Waals surface area (Å²) in [4.78, 5) is 12.0. The second-order valence-electron chi connectivity index (χ2n) is 4.79. The first-order valence-electron chi connectivity index (χ1n) is 5.45. The van der Waals surface area contributed by atoms with Crippen molar-refractivity contribution in [2.24, 2.45) is 5.41 Å². The van der Waals surface area contributed by atoms with Crippen LogP contribution in [0.15, 0.2) is 24.0 Å². The van der Waals surface area contributed by atoms with Gasteiger partial charge in [-0.3, -0.25) is 4.79 Å². The van der Waals surface area contributed by atoms with E-state index in [4.69, 9.17) is 4.74 Å². The Morgan fingerprint density at radius 1 is 1.60 bits per heavy atom. The van der Waals surface area contributed by atoms with Crippen molar-refractivity contribution in [1.29, 1.82) is 0 Å². The van der Waals surface area contributed by atoms with Gasteiger partial charge in [0.15, 0.2) is 5.78 Å². The molecule has 84 valence electrons. The van der Waals surface area contributed by atoms with Crippen molar-refractivity contribution in [2.75, 3.05) is 6.61 Å². The summed E-state index contributed by atoms with van der Waals surface area (Å²) >= 11 is 0. The zero-order chi connectivity index (χ0) is 11.5. The van der Waals surface area contributed by atoms with Crippen LogP contribution in [0.2, 0.25) is 0 Å². The first kappa shape index (κ1) is 12.0. The van der Waals surface area contributed by atoms with Gasteiger partial charge in [0.2, 0.25) is 0 Å². The molecule has 0 fully saturated rings. The Morgan fingerprint density at radius 3 is 2.80 bits per heavy atom. The molecule has 0 radical (unpaired) electrons. The number of allylic oxidation sites excluding steroid dienone is 1. The minimum Gasteiger partial charge on any atom is -0.494 e. The molecule has 15 heavy (non-hydrogen) atoms. The Hall–Kier alpha value is -1.05. The third-order valence-electron chi connectivity index (χ3n) is 3.07. The highest BCUT2D eigenvalue weighted by Crippen LogP contribution is 2.40. The summed E-state index contributed by atoms with van der Waals surface area (Å²) < 4.78 is 4.97. The average molecular weight is 208 g/mol. The molecule has 0 atom stereocenters. The highest BCUT2D eigenvalue weighted by molar-refractivity contribution is 5.98. The van der Waals surface area contributed by atoms with Crippen molar-refractivity contribution in [3.63, 3.8) is 0 Å². The molecule has 0 aliphatic heterocycles. The second kappa shape index (κ2) is 4.65. The van der Waals surface area contributed by atoms with Crippen LogP contribution in [0.1, 0.15) is 40.0 Å². The molecular formula is C13H20O2. The molecule has 0 spiro atoms. The summed E-state index contributed by atoms with van der Waals surface area (Å²) in [6.45, 7) is 9.90. The van der Waals surface area contributed by atoms with Crippen LogP contribution in [0, 0.1) is 5.41 Å². The fraction of sp³-hybridized carbons (Fsp3) is 0.615. The summed E-state index contributed by atoms with van der Waals surface area (Å²) in [6.07, 6.45) is 4.62. The molecular weight excluding hydrogens is 188 g/mol. The van der Waals surface area contributed by atoms with Gasteiger partial charge in [-0.25, -0.2) is 0 Å². The monoisotopic (exact) mass is 208 g/mol. The minimum atomic E-state index is 0.00392. The van der Waals surface area contributed by atoms with E-state index in [1.165, 1.54) is 18.3 Å². The normalized spacial score (nSPS) is 19.9. The molecule has 0 aromatic rings. The maximum absolute atomic E-state index is 12.0. The SMILES string of the molecule is C=COCC(=O)C1=C(C)CCCC1(C)C. The topological polar surface area (TPSA) is 26.3 Å². The summed E-state index contributed by atoms with van der Waals surface area (Å²) in [5.74, 6) is 0.108. The quantitative estimate of drug-likeness (QED) is 0.663. The smallest absolute Gasteiger partial charge is 0.196 e. The lowest BCUT2D eigenvalue weighted by molar-refractivity contribution is -0.119. The van der Waals surface area contributed by atoms with Crippen molar-refractivity contribution in [3.8, 4) is 0 Å². The van der Waals surface area contributed by atoms with Crippen LogP contribution in [0.25, 0.3) is 0 Å². The van der Waals surface area contributed by atoms with Crippen LogP contribution in [0.3, 0.4) is 0 Å². The molecule has 0 aromatic carbocycles. The van der Waals surface area contributed by atoms with E-state index in [0.29, 0.717) is 0 Å². The zero-order valence-corrected chi connectivity index (χ0v) is 9.93. The number of Topliss-reactive ketones (excluding diaryl/α,β-unsaturated/α-hetero) is 1. The fourth-order valence-corrected chi connectivity index (χ4v) is 2.45. The van der Waals surface area contributed by atoms with Gasteiger partial charge in [0.05, 0.1) is 6.26 Å². The van der Waals surface area contributed by atoms with Crippen LogP contribution < -0.4 is 0 Å². The van der Waals surface area contributed by atoms with Gasteiger partial charge >= 0.3 is 0 Å². The van der Waals surface area contributed by atoms with Crippen LogP contribution >= 0.6 is 0 Å². The molecule has 0 saturated carbocycles. The zero-order valence-electron chi connectivity index (χ0n) is 9.93. The molecule has 0 unspecified atom stereocenters. The fourth-order valence-electron chi connectivity index (χ4n) is 2.45. The van der Waals surface area contributed by atoms with Gasteiger partial charge in [0.1, 0.15) is 6.61 Å². The Morgan fingerprint density at radius 2 is 2.27 bits per heavy atom. The lowest BCUT2D eigenvalue weighted by Gasteiger charge is -2.33. The van der Waals surface area contributed by atoms with Gasteiger partial charge in [0, 0.05) is 5.57 Å². The number of rotatable bonds is 4. The maximum atomic E-state index is 12.0. The molecule has 0 heterocycles. The van der Waals surface area contributed by atoms with Gasteiger partial charge in [-0.1, -0.05) is 26.0 Å². The van der Waals surface area contributed by atoms with Gasteiger partial charge in [-0.2, -0.15) is 0 Å². The van der Waals surface area contributed by atoms with Crippen molar-refractivity contribution < 1.29 is 9.53 Å². The largest absolute Gasteiger partial charge is 0.494 e. The average Bonchev–Trinajstić information content (AvgIpc) is 2.13. The van der Waals surface area contributed by atoms with E-state index < -0.39 is 0 Å². The number of carbonyl (C=O) groups excluding carboxylic acids is 1. The van der Waals surface area contributed by atoms with Crippen molar-refractivity contribution >= 4 is 5.78 Å². The predicted octanol–water partition coefficient (Wildman–Crippen LogP) is 3.24. The summed E-state index contributed by atoms with van der Waals surface area (Å²) in [5.41, 5.74) is 2.20. The first-order chi connectivity index (χ1) is 6.99. The van der Waals surface area contributed by atoms with E-state index in [1.54, 1.807) is 0 Å². The summed E-state index contributed by atoms with van der Waals surface area (Å²) in [5, 5.41) is 0. The van der Waals surface area contributed by atoms with Gasteiger partial charge in [-0.05, 0) is 31.6 Å². The first-order valence-corrected chi connectivity index (χ1v) is 5.45. The highest BCUT2D eigenvalue weighted by Gasteiger charge is 2.32. The van der Waals surface area contributed by atoms with Crippen molar-refractivity contribution in [3.05, 3.63) is 24.0 Å². The van der Waals surface area contributed by atoms with Gasteiger partial charge in [-0.15, -0.1) is 0 Å². The number of ketones is 1. The highest BCUT2D eigenvalue weighted by atomic mass is 16.5. The van der Waals surface area contributed by atoms with Crippen molar-refractivity contribution in [1.82, 2.24) is 0 Å². The van der Waals surface area contributed by atoms with Crippen LogP contribution in [-0.2, 0) is 9.53 Å². The number of carbonyl (C=O) groups is 1. The lowest BCUT2D eigenvalue weighted by Crippen LogP contribution is -2.28. The number of ether oxygens (including phenoxy) is 1. The predicted molar refractivity (Wildman–Crippen MR) is 61.5 cm³/mol. The van der Waals surface area contributed by atoms with E-state index in [0.717, 1.165) is 18.4 Å². The van der Waals surface area contributed by atoms with E-state index in [1.807, 2.05) is 0 Å². The van der Waals surface area contributed by atoms with E-state index in [9.17, 15) is 4.79 Å². The molecule has 0 aromatic heterocycles. The molecule has 1 aliphatic rings. The summed E-state index contributed by atoms with van der Waals surface area (Å²) in [7, 11) is 0. The Kier molecular flexibility index (Phi) is 3.72. The lowest BCUT2D eigenvalue weighted by atomic mass is 9.71. The Balaban J connectivity index is 2.88. The third-order valence-corrected chi connectivity index (χ3v) is 3.07. The van der Waals surface area contributed by atoms with E-state index >= 15 is 0 Å². The Bertz CT molecular complexity index is 298. The van der Waals surface area contributed by atoms with E-state index in [2.05, 4.69) is 27.4 Å².